The maximum Gasteiger partial charge on any atom is 0.394 e. The van der Waals surface area contributed by atoms with Gasteiger partial charge in [-0.1, -0.05) is 12.1 Å². The quantitative estimate of drug-likeness (QED) is 0.749. The molecule has 4 N–H and O–H groups in total. The lowest BCUT2D eigenvalue weighted by Gasteiger charge is -2.18. The molecular formula is C15H16F3N3O4. The number of hydrogen-bond acceptors (Lipinski definition) is 3. The fourth-order valence-corrected chi connectivity index (χ4v) is 2.69. The van der Waals surface area contributed by atoms with Crippen LogP contribution in [-0.2, 0) is 11.3 Å². The average molecular weight is 359 g/mol. The number of carbonyl (C=O) groups is 3. The summed E-state index contributed by atoms with van der Waals surface area (Å²) in [5, 5.41) is 11.3. The van der Waals surface area contributed by atoms with E-state index in [2.05, 4.69) is 5.32 Å². The van der Waals surface area contributed by atoms with Crippen LogP contribution in [0.3, 0.4) is 0 Å². The van der Waals surface area contributed by atoms with Crippen LogP contribution in [0.5, 0.6) is 0 Å². The van der Waals surface area contributed by atoms with Crippen LogP contribution in [0.1, 0.15) is 15.9 Å². The summed E-state index contributed by atoms with van der Waals surface area (Å²) < 4.78 is 38.9. The summed E-state index contributed by atoms with van der Waals surface area (Å²) >= 11 is 0. The first kappa shape index (κ1) is 18.6. The van der Waals surface area contributed by atoms with E-state index in [0.717, 1.165) is 4.90 Å². The molecule has 25 heavy (non-hydrogen) atoms. The zero-order valence-corrected chi connectivity index (χ0v) is 12.9. The molecule has 1 aliphatic rings. The van der Waals surface area contributed by atoms with Crippen molar-refractivity contribution in [3.63, 3.8) is 0 Å². The fraction of sp³-hybridized carbons (Fsp3) is 0.400. The minimum atomic E-state index is -4.69. The molecule has 1 aliphatic heterocycles. The van der Waals surface area contributed by atoms with Crippen molar-refractivity contribution in [3.8, 4) is 0 Å². The van der Waals surface area contributed by atoms with Crippen molar-refractivity contribution >= 4 is 17.9 Å². The summed E-state index contributed by atoms with van der Waals surface area (Å²) in [7, 11) is 0. The van der Waals surface area contributed by atoms with E-state index >= 15 is 0 Å². The van der Waals surface area contributed by atoms with Crippen molar-refractivity contribution in [1.82, 2.24) is 10.2 Å². The number of carboxylic acids is 1. The highest BCUT2D eigenvalue weighted by Crippen LogP contribution is 2.38. The SMILES string of the molecule is NC(=O)NCc1ccc(C(=O)N2C[C@@H](C(F)(F)F)[C@H](C(=O)O)C2)cc1. The van der Waals surface area contributed by atoms with E-state index in [0.29, 0.717) is 5.56 Å². The predicted molar refractivity (Wildman–Crippen MR) is 79.4 cm³/mol. The van der Waals surface area contributed by atoms with Gasteiger partial charge in [-0.3, -0.25) is 9.59 Å². The van der Waals surface area contributed by atoms with Crippen molar-refractivity contribution < 1.29 is 32.7 Å². The van der Waals surface area contributed by atoms with Gasteiger partial charge in [-0.25, -0.2) is 4.79 Å². The molecule has 7 nitrogen and oxygen atoms in total. The molecule has 3 amide bonds. The zero-order chi connectivity index (χ0) is 18.8. The molecule has 10 heteroatoms. The highest BCUT2D eigenvalue weighted by Gasteiger charge is 2.53. The maximum absolute atomic E-state index is 13.0. The van der Waals surface area contributed by atoms with Gasteiger partial charge in [-0.05, 0) is 17.7 Å². The van der Waals surface area contributed by atoms with Gasteiger partial charge in [0.05, 0.1) is 11.8 Å². The number of nitrogens with two attached hydrogens (primary N) is 1. The number of carboxylic acid groups (broad SMARTS) is 1. The normalized spacial score (nSPS) is 20.4. The minimum absolute atomic E-state index is 0.134. The number of carbonyl (C=O) groups excluding carboxylic acids is 2. The van der Waals surface area contributed by atoms with E-state index in [1.807, 2.05) is 0 Å². The van der Waals surface area contributed by atoms with Crippen molar-refractivity contribution in [3.05, 3.63) is 35.4 Å². The first-order chi connectivity index (χ1) is 11.6. The van der Waals surface area contributed by atoms with Gasteiger partial charge in [0.15, 0.2) is 0 Å². The van der Waals surface area contributed by atoms with Crippen molar-refractivity contribution in [1.29, 1.82) is 0 Å². The number of benzene rings is 1. The smallest absolute Gasteiger partial charge is 0.394 e. The Morgan fingerprint density at radius 1 is 1.20 bits per heavy atom. The van der Waals surface area contributed by atoms with Crippen LogP contribution in [0.15, 0.2) is 24.3 Å². The topological polar surface area (TPSA) is 113 Å². The first-order valence-corrected chi connectivity index (χ1v) is 7.30. The molecule has 1 aromatic carbocycles. The van der Waals surface area contributed by atoms with Gasteiger partial charge in [0, 0.05) is 25.2 Å². The molecule has 1 aromatic rings. The molecule has 2 atom stereocenters. The third-order valence-corrected chi connectivity index (χ3v) is 4.01. The van der Waals surface area contributed by atoms with Crippen molar-refractivity contribution in [2.45, 2.75) is 12.7 Å². The van der Waals surface area contributed by atoms with E-state index in [-0.39, 0.29) is 12.1 Å². The molecule has 0 aromatic heterocycles. The van der Waals surface area contributed by atoms with Gasteiger partial charge in [0.1, 0.15) is 0 Å². The maximum atomic E-state index is 13.0. The summed E-state index contributed by atoms with van der Waals surface area (Å²) in [5.74, 6) is -6.02. The Morgan fingerprint density at radius 2 is 1.80 bits per heavy atom. The van der Waals surface area contributed by atoms with Gasteiger partial charge >= 0.3 is 18.2 Å². The molecule has 0 spiro atoms. The molecule has 0 aliphatic carbocycles. The number of halogens is 3. The summed E-state index contributed by atoms with van der Waals surface area (Å²) in [6, 6.07) is 5.13. The number of rotatable bonds is 4. The Morgan fingerprint density at radius 3 is 2.24 bits per heavy atom. The first-order valence-electron chi connectivity index (χ1n) is 7.30. The summed E-state index contributed by atoms with van der Waals surface area (Å²) in [6.45, 7) is -1.04. The van der Waals surface area contributed by atoms with Crippen LogP contribution in [0.25, 0.3) is 0 Å². The van der Waals surface area contributed by atoms with Crippen LogP contribution in [0.4, 0.5) is 18.0 Å². The van der Waals surface area contributed by atoms with E-state index in [4.69, 9.17) is 10.8 Å². The van der Waals surface area contributed by atoms with Gasteiger partial charge in [-0.2, -0.15) is 13.2 Å². The highest BCUT2D eigenvalue weighted by molar-refractivity contribution is 5.95. The van der Waals surface area contributed by atoms with Crippen LogP contribution in [0, 0.1) is 11.8 Å². The second kappa shape index (κ2) is 6.99. The Labute approximate surface area is 140 Å². The monoisotopic (exact) mass is 359 g/mol. The molecule has 136 valence electrons. The molecule has 2 rings (SSSR count). The number of nitrogens with zero attached hydrogens (tertiary/aromatic N) is 1. The highest BCUT2D eigenvalue weighted by atomic mass is 19.4. The Kier molecular flexibility index (Phi) is 5.19. The third kappa shape index (κ3) is 4.40. The number of hydrogen-bond donors (Lipinski definition) is 3. The zero-order valence-electron chi connectivity index (χ0n) is 12.9. The van der Waals surface area contributed by atoms with Gasteiger partial charge < -0.3 is 21.1 Å². The van der Waals surface area contributed by atoms with Gasteiger partial charge in [0.2, 0.25) is 0 Å². The number of alkyl halides is 3. The second-order valence-corrected chi connectivity index (χ2v) is 5.72. The van der Waals surface area contributed by atoms with Crippen molar-refractivity contribution in [2.24, 2.45) is 17.6 Å². The second-order valence-electron chi connectivity index (χ2n) is 5.72. The van der Waals surface area contributed by atoms with Crippen LogP contribution < -0.4 is 11.1 Å². The minimum Gasteiger partial charge on any atom is -0.481 e. The van der Waals surface area contributed by atoms with Crippen LogP contribution >= 0.6 is 0 Å². The molecule has 0 saturated carbocycles. The summed E-state index contributed by atoms with van der Waals surface area (Å²) in [5.41, 5.74) is 5.72. The lowest BCUT2D eigenvalue weighted by Crippen LogP contribution is -2.34. The van der Waals surface area contributed by atoms with E-state index in [9.17, 15) is 27.6 Å². The fourth-order valence-electron chi connectivity index (χ4n) is 2.69. The van der Waals surface area contributed by atoms with E-state index < -0.39 is 49.0 Å². The lowest BCUT2D eigenvalue weighted by molar-refractivity contribution is -0.187. The molecule has 1 saturated heterocycles. The standard InChI is InChI=1S/C15H16F3N3O4/c16-15(17,18)11-7-21(6-10(11)13(23)24)12(22)9-3-1-8(2-4-9)5-20-14(19)25/h1-4,10-11H,5-7H2,(H,23,24)(H3,19,20,25)/t10-,11-/m1/s1. The molecule has 0 unspecified atom stereocenters. The summed E-state index contributed by atoms with van der Waals surface area (Å²) in [6.07, 6.45) is -4.69. The molecule has 0 radical (unpaired) electrons. The number of amides is 3. The van der Waals surface area contributed by atoms with E-state index in [1.54, 1.807) is 0 Å². The number of likely N-dealkylation sites (tertiary alicyclic amines) is 1. The molecule has 0 bridgehead atoms. The number of nitrogens with one attached hydrogen (secondary N) is 1. The number of primary amides is 1. The lowest BCUT2D eigenvalue weighted by atomic mass is 9.96. The summed E-state index contributed by atoms with van der Waals surface area (Å²) in [4.78, 5) is 34.9. The van der Waals surface area contributed by atoms with Crippen molar-refractivity contribution in [2.75, 3.05) is 13.1 Å². The predicted octanol–water partition coefficient (Wildman–Crippen LogP) is 1.19. The van der Waals surface area contributed by atoms with E-state index in [1.165, 1.54) is 24.3 Å². The van der Waals surface area contributed by atoms with Crippen LogP contribution in [-0.4, -0.2) is 47.2 Å². The molecular weight excluding hydrogens is 343 g/mol. The average Bonchev–Trinajstić information content (AvgIpc) is 2.98. The van der Waals surface area contributed by atoms with Gasteiger partial charge in [0.25, 0.3) is 5.91 Å². The third-order valence-electron chi connectivity index (χ3n) is 4.01. The Bertz CT molecular complexity index is 676. The number of aliphatic carboxylic acids is 1. The Hall–Kier alpha value is -2.78. The van der Waals surface area contributed by atoms with Crippen LogP contribution in [0.2, 0.25) is 0 Å². The largest absolute Gasteiger partial charge is 0.481 e. The molecule has 1 heterocycles. The Balaban J connectivity index is 2.10. The molecule has 1 fully saturated rings. The van der Waals surface area contributed by atoms with Gasteiger partial charge in [-0.15, -0.1) is 0 Å². The number of urea groups is 1.